The summed E-state index contributed by atoms with van der Waals surface area (Å²) in [6.45, 7) is 5.57. The van der Waals surface area contributed by atoms with E-state index in [0.29, 0.717) is 11.4 Å². The van der Waals surface area contributed by atoms with Crippen LogP contribution >= 0.6 is 23.6 Å². The molecule has 7 heteroatoms. The van der Waals surface area contributed by atoms with Crippen LogP contribution in [0.25, 0.3) is 15.9 Å². The molecule has 0 radical (unpaired) electrons. The molecule has 2 aromatic carbocycles. The zero-order valence-corrected chi connectivity index (χ0v) is 17.2. The lowest BCUT2D eigenvalue weighted by Crippen LogP contribution is -2.22. The number of rotatable bonds is 5. The van der Waals surface area contributed by atoms with Gasteiger partial charge in [0.1, 0.15) is 11.3 Å². The highest BCUT2D eigenvalue weighted by Crippen LogP contribution is 2.22. The zero-order chi connectivity index (χ0) is 19.0. The highest BCUT2D eigenvalue weighted by Gasteiger charge is 2.10. The predicted octanol–water partition coefficient (Wildman–Crippen LogP) is 4.72. The van der Waals surface area contributed by atoms with Crippen molar-refractivity contribution in [1.82, 2.24) is 24.2 Å². The molecule has 0 saturated carbocycles. The average molecular weight is 396 g/mol. The fourth-order valence-electron chi connectivity index (χ4n) is 3.17. The van der Waals surface area contributed by atoms with Gasteiger partial charge < -0.3 is 0 Å². The van der Waals surface area contributed by atoms with Crippen LogP contribution in [0.5, 0.6) is 0 Å². The van der Waals surface area contributed by atoms with Gasteiger partial charge in [-0.3, -0.25) is 9.47 Å². The van der Waals surface area contributed by atoms with E-state index in [1.54, 1.807) is 17.7 Å². The molecule has 2 heterocycles. The Balaban J connectivity index is 1.52. The van der Waals surface area contributed by atoms with Gasteiger partial charge in [-0.2, -0.15) is 5.10 Å². The summed E-state index contributed by atoms with van der Waals surface area (Å²) in [5, 5.41) is 5.59. The first kappa shape index (κ1) is 18.0. The van der Waals surface area contributed by atoms with Crippen molar-refractivity contribution in [2.45, 2.75) is 27.1 Å². The normalized spacial score (nSPS) is 11.6. The number of para-hydroxylation sites is 1. The standard InChI is InChI=1S/C20H21N5S2/c1-14-8-9-17(15(2)10-14)24-12-21-25(20(24)26)13-23(3)11-19-22-16-6-4-5-7-18(16)27-19/h4-10,12H,11,13H2,1-3H3. The molecule has 4 aromatic rings. The fourth-order valence-corrected chi connectivity index (χ4v) is 4.47. The molecule has 0 spiro atoms. The van der Waals surface area contributed by atoms with Crippen LogP contribution in [0, 0.1) is 18.6 Å². The predicted molar refractivity (Wildman–Crippen MR) is 113 cm³/mol. The second-order valence-electron chi connectivity index (χ2n) is 6.80. The van der Waals surface area contributed by atoms with Crippen LogP contribution in [0.2, 0.25) is 0 Å². The van der Waals surface area contributed by atoms with Crippen LogP contribution in [0.4, 0.5) is 0 Å². The van der Waals surface area contributed by atoms with Gasteiger partial charge in [-0.15, -0.1) is 11.3 Å². The minimum absolute atomic E-state index is 0.618. The van der Waals surface area contributed by atoms with Gasteiger partial charge in [0, 0.05) is 0 Å². The zero-order valence-electron chi connectivity index (χ0n) is 15.6. The topological polar surface area (TPSA) is 38.9 Å². The van der Waals surface area contributed by atoms with Crippen molar-refractivity contribution < 1.29 is 0 Å². The van der Waals surface area contributed by atoms with Gasteiger partial charge in [-0.05, 0) is 56.9 Å². The highest BCUT2D eigenvalue weighted by molar-refractivity contribution is 7.71. The lowest BCUT2D eigenvalue weighted by molar-refractivity contribution is 0.244. The van der Waals surface area contributed by atoms with Gasteiger partial charge in [0.2, 0.25) is 4.77 Å². The van der Waals surface area contributed by atoms with Crippen molar-refractivity contribution in [1.29, 1.82) is 0 Å². The Bertz CT molecular complexity index is 1120. The summed E-state index contributed by atoms with van der Waals surface area (Å²) in [5.74, 6) is 0. The Labute approximate surface area is 167 Å². The maximum atomic E-state index is 5.66. The summed E-state index contributed by atoms with van der Waals surface area (Å²) >= 11 is 7.39. The number of thiazole rings is 1. The number of hydrogen-bond donors (Lipinski definition) is 0. The van der Waals surface area contributed by atoms with Crippen molar-refractivity contribution in [3.63, 3.8) is 0 Å². The lowest BCUT2D eigenvalue weighted by atomic mass is 10.1. The quantitative estimate of drug-likeness (QED) is 0.458. The maximum Gasteiger partial charge on any atom is 0.203 e. The first-order chi connectivity index (χ1) is 13.0. The van der Waals surface area contributed by atoms with Crippen LogP contribution in [0.15, 0.2) is 48.8 Å². The molecule has 0 aliphatic rings. The molecule has 0 amide bonds. The third kappa shape index (κ3) is 3.71. The first-order valence-corrected chi connectivity index (χ1v) is 9.99. The van der Waals surface area contributed by atoms with Crippen molar-refractivity contribution in [2.75, 3.05) is 7.05 Å². The molecule has 0 fully saturated rings. The number of nitrogens with zero attached hydrogens (tertiary/aromatic N) is 5. The first-order valence-electron chi connectivity index (χ1n) is 8.76. The number of fused-ring (bicyclic) bond motifs is 1. The van der Waals surface area contributed by atoms with Gasteiger partial charge in [0.25, 0.3) is 0 Å². The molecule has 138 valence electrons. The monoisotopic (exact) mass is 395 g/mol. The van der Waals surface area contributed by atoms with Crippen molar-refractivity contribution >= 4 is 33.8 Å². The summed E-state index contributed by atoms with van der Waals surface area (Å²) in [4.78, 5) is 6.88. The largest absolute Gasteiger partial charge is 0.281 e. The smallest absolute Gasteiger partial charge is 0.203 e. The average Bonchev–Trinajstić information content (AvgIpc) is 3.19. The lowest BCUT2D eigenvalue weighted by Gasteiger charge is -2.14. The summed E-state index contributed by atoms with van der Waals surface area (Å²) in [6.07, 6.45) is 1.80. The van der Waals surface area contributed by atoms with Gasteiger partial charge in [0.05, 0.1) is 29.1 Å². The maximum absolute atomic E-state index is 5.66. The van der Waals surface area contributed by atoms with E-state index < -0.39 is 0 Å². The van der Waals surface area contributed by atoms with E-state index in [2.05, 4.69) is 61.2 Å². The summed E-state index contributed by atoms with van der Waals surface area (Å²) in [7, 11) is 2.06. The van der Waals surface area contributed by atoms with Crippen molar-refractivity contribution in [3.05, 3.63) is 69.7 Å². The van der Waals surface area contributed by atoms with Gasteiger partial charge in [-0.25, -0.2) is 9.67 Å². The number of aromatic nitrogens is 4. The Morgan fingerprint density at radius 1 is 1.15 bits per heavy atom. The Morgan fingerprint density at radius 2 is 1.96 bits per heavy atom. The van der Waals surface area contributed by atoms with E-state index in [-0.39, 0.29) is 0 Å². The Morgan fingerprint density at radius 3 is 2.74 bits per heavy atom. The van der Waals surface area contributed by atoms with Crippen molar-refractivity contribution in [3.8, 4) is 5.69 Å². The van der Waals surface area contributed by atoms with E-state index in [1.807, 2.05) is 21.4 Å². The number of aryl methyl sites for hydroxylation is 2. The molecular weight excluding hydrogens is 374 g/mol. The SMILES string of the molecule is Cc1ccc(-n2cnn(CN(C)Cc3nc4ccccc4s3)c2=S)c(C)c1. The van der Waals surface area contributed by atoms with Crippen LogP contribution in [-0.2, 0) is 13.2 Å². The van der Waals surface area contributed by atoms with E-state index in [0.717, 1.165) is 22.8 Å². The van der Waals surface area contributed by atoms with Gasteiger partial charge >= 0.3 is 0 Å². The molecule has 0 bridgehead atoms. The molecule has 0 aliphatic carbocycles. The molecule has 5 nitrogen and oxygen atoms in total. The van der Waals surface area contributed by atoms with Gasteiger partial charge in [0.15, 0.2) is 0 Å². The molecule has 4 rings (SSSR count). The third-order valence-corrected chi connectivity index (χ3v) is 5.89. The second-order valence-corrected chi connectivity index (χ2v) is 8.28. The molecule has 0 atom stereocenters. The number of hydrogen-bond acceptors (Lipinski definition) is 5. The Kier molecular flexibility index (Phi) is 4.90. The van der Waals surface area contributed by atoms with Crippen LogP contribution in [0.1, 0.15) is 16.1 Å². The molecule has 2 aromatic heterocycles. The fraction of sp³-hybridized carbons (Fsp3) is 0.250. The van der Waals surface area contributed by atoms with E-state index in [4.69, 9.17) is 17.2 Å². The Hall–Kier alpha value is -2.35. The molecule has 0 N–H and O–H groups in total. The van der Waals surface area contributed by atoms with E-state index in [1.165, 1.54) is 15.8 Å². The van der Waals surface area contributed by atoms with Crippen LogP contribution in [-0.4, -0.2) is 31.3 Å². The minimum Gasteiger partial charge on any atom is -0.281 e. The van der Waals surface area contributed by atoms with Crippen molar-refractivity contribution in [2.24, 2.45) is 0 Å². The van der Waals surface area contributed by atoms with Crippen LogP contribution in [0.3, 0.4) is 0 Å². The minimum atomic E-state index is 0.618. The third-order valence-electron chi connectivity index (χ3n) is 4.46. The van der Waals surface area contributed by atoms with E-state index in [9.17, 15) is 0 Å². The summed E-state index contributed by atoms with van der Waals surface area (Å²) in [5.41, 5.74) is 4.56. The van der Waals surface area contributed by atoms with Gasteiger partial charge in [-0.1, -0.05) is 29.8 Å². The molecule has 0 unspecified atom stereocenters. The van der Waals surface area contributed by atoms with Crippen LogP contribution < -0.4 is 0 Å². The molecule has 0 saturated heterocycles. The summed E-state index contributed by atoms with van der Waals surface area (Å²) < 4.78 is 5.73. The number of benzene rings is 2. The molecular formula is C20H21N5S2. The highest BCUT2D eigenvalue weighted by atomic mass is 32.1. The molecule has 0 aliphatic heterocycles. The second kappa shape index (κ2) is 7.34. The van der Waals surface area contributed by atoms with E-state index >= 15 is 0 Å². The molecule has 27 heavy (non-hydrogen) atoms. The summed E-state index contributed by atoms with van der Waals surface area (Å²) in [6, 6.07) is 14.6.